The number of unbranched alkanes of at least 4 members (excludes halogenated alkanes) is 37. The van der Waals surface area contributed by atoms with Crippen molar-refractivity contribution in [1.82, 2.24) is 0 Å². The average Bonchev–Trinajstić information content (AvgIpc) is 3.27. The summed E-state index contributed by atoms with van der Waals surface area (Å²) < 4.78 is 16.9. The fourth-order valence-corrected chi connectivity index (χ4v) is 8.54. The lowest BCUT2D eigenvalue weighted by Gasteiger charge is -2.18. The highest BCUT2D eigenvalue weighted by Crippen LogP contribution is 2.18. The molecular weight excluding hydrogens is 769 g/mol. The van der Waals surface area contributed by atoms with E-state index in [0.717, 1.165) is 63.7 Å². The Balaban J connectivity index is 4.29. The molecule has 6 heteroatoms. The van der Waals surface area contributed by atoms with E-state index in [2.05, 4.69) is 27.7 Å². The number of esters is 3. The molecule has 2 atom stereocenters. The first-order valence-electron chi connectivity index (χ1n) is 27.9. The van der Waals surface area contributed by atoms with Gasteiger partial charge in [-0.2, -0.15) is 0 Å². The van der Waals surface area contributed by atoms with Crippen molar-refractivity contribution in [2.24, 2.45) is 5.92 Å². The van der Waals surface area contributed by atoms with Gasteiger partial charge in [0.2, 0.25) is 0 Å². The Bertz CT molecular complexity index is 935. The minimum Gasteiger partial charge on any atom is -0.462 e. The molecule has 0 aromatic heterocycles. The minimum absolute atomic E-state index is 0.0625. The number of carbonyl (C=O) groups is 3. The molecule has 0 aromatic rings. The van der Waals surface area contributed by atoms with E-state index in [1.807, 2.05) is 0 Å². The summed E-state index contributed by atoms with van der Waals surface area (Å²) in [7, 11) is 0. The molecule has 0 amide bonds. The molecule has 368 valence electrons. The van der Waals surface area contributed by atoms with E-state index >= 15 is 0 Å². The topological polar surface area (TPSA) is 78.9 Å². The van der Waals surface area contributed by atoms with Crippen molar-refractivity contribution in [3.63, 3.8) is 0 Å². The van der Waals surface area contributed by atoms with Crippen LogP contribution in [0.2, 0.25) is 0 Å². The molecule has 0 aliphatic carbocycles. The summed E-state index contributed by atoms with van der Waals surface area (Å²) >= 11 is 0. The van der Waals surface area contributed by atoms with Gasteiger partial charge in [0.1, 0.15) is 13.2 Å². The van der Waals surface area contributed by atoms with Crippen LogP contribution in [0.15, 0.2) is 0 Å². The summed E-state index contributed by atoms with van der Waals surface area (Å²) in [5, 5.41) is 0. The summed E-state index contributed by atoms with van der Waals surface area (Å²) in [5.41, 5.74) is 0. The molecule has 0 aromatic carbocycles. The standard InChI is InChI=1S/C56H108O6/c1-5-8-10-12-14-16-18-20-22-23-25-26-28-30-35-39-43-47-54(57)60-50-53(51-61-55(58)48-44-40-36-33-32-34-38-42-46-52(4)7-3)62-56(59)49-45-41-37-31-29-27-24-21-19-17-15-13-11-9-6-2/h52-53H,5-51H2,1-4H3/t52?,53-/m1/s1. The monoisotopic (exact) mass is 877 g/mol. The molecule has 0 fully saturated rings. The first-order chi connectivity index (χ1) is 30.4. The SMILES string of the molecule is CCCCCCCCCCCCCCCCCCCC(=O)OC[C@H](COC(=O)CCCCCCCCCCC(C)CC)OC(=O)CCCCCCCCCCCCCCCCC. The first-order valence-corrected chi connectivity index (χ1v) is 27.9. The second-order valence-corrected chi connectivity index (χ2v) is 19.5. The van der Waals surface area contributed by atoms with E-state index in [0.29, 0.717) is 19.3 Å². The molecule has 0 aliphatic heterocycles. The van der Waals surface area contributed by atoms with Crippen LogP contribution in [0.5, 0.6) is 0 Å². The zero-order valence-corrected chi connectivity index (χ0v) is 42.3. The summed E-state index contributed by atoms with van der Waals surface area (Å²) in [4.78, 5) is 38.0. The van der Waals surface area contributed by atoms with Crippen LogP contribution in [0.4, 0.5) is 0 Å². The van der Waals surface area contributed by atoms with Crippen molar-refractivity contribution in [2.75, 3.05) is 13.2 Å². The van der Waals surface area contributed by atoms with Gasteiger partial charge in [0.05, 0.1) is 0 Å². The van der Waals surface area contributed by atoms with E-state index in [4.69, 9.17) is 14.2 Å². The number of hydrogen-bond donors (Lipinski definition) is 0. The quantitative estimate of drug-likeness (QED) is 0.0344. The van der Waals surface area contributed by atoms with E-state index in [-0.39, 0.29) is 31.1 Å². The third kappa shape index (κ3) is 47.9. The number of hydrogen-bond acceptors (Lipinski definition) is 6. The Morgan fingerprint density at radius 2 is 0.565 bits per heavy atom. The molecule has 0 saturated carbocycles. The highest BCUT2D eigenvalue weighted by atomic mass is 16.6. The molecule has 1 unspecified atom stereocenters. The third-order valence-electron chi connectivity index (χ3n) is 13.2. The van der Waals surface area contributed by atoms with Crippen molar-refractivity contribution in [3.05, 3.63) is 0 Å². The lowest BCUT2D eigenvalue weighted by atomic mass is 9.99. The molecule has 0 rings (SSSR count). The third-order valence-corrected chi connectivity index (χ3v) is 13.2. The Morgan fingerprint density at radius 1 is 0.323 bits per heavy atom. The van der Waals surface area contributed by atoms with Crippen molar-refractivity contribution in [3.8, 4) is 0 Å². The molecular formula is C56H108O6. The van der Waals surface area contributed by atoms with E-state index in [9.17, 15) is 14.4 Å². The maximum atomic E-state index is 12.8. The van der Waals surface area contributed by atoms with Crippen LogP contribution in [0.25, 0.3) is 0 Å². The van der Waals surface area contributed by atoms with Gasteiger partial charge in [0.15, 0.2) is 6.10 Å². The van der Waals surface area contributed by atoms with Gasteiger partial charge in [-0.3, -0.25) is 14.4 Å². The van der Waals surface area contributed by atoms with Gasteiger partial charge < -0.3 is 14.2 Å². The minimum atomic E-state index is -0.761. The van der Waals surface area contributed by atoms with Gasteiger partial charge in [0, 0.05) is 19.3 Å². The van der Waals surface area contributed by atoms with Crippen molar-refractivity contribution in [1.29, 1.82) is 0 Å². The number of carbonyl (C=O) groups excluding carboxylic acids is 3. The Morgan fingerprint density at radius 3 is 0.839 bits per heavy atom. The number of ether oxygens (including phenoxy) is 3. The highest BCUT2D eigenvalue weighted by molar-refractivity contribution is 5.71. The smallest absolute Gasteiger partial charge is 0.306 e. The Kier molecular flexibility index (Phi) is 49.1. The van der Waals surface area contributed by atoms with E-state index in [1.165, 1.54) is 212 Å². The summed E-state index contributed by atoms with van der Waals surface area (Å²) in [5.74, 6) is 0.00787. The van der Waals surface area contributed by atoms with Gasteiger partial charge in [-0.1, -0.05) is 278 Å². The molecule has 0 saturated heterocycles. The Labute approximate surface area is 387 Å². The molecule has 62 heavy (non-hydrogen) atoms. The zero-order valence-electron chi connectivity index (χ0n) is 42.3. The maximum Gasteiger partial charge on any atom is 0.306 e. The maximum absolute atomic E-state index is 12.8. The van der Waals surface area contributed by atoms with Gasteiger partial charge in [-0.15, -0.1) is 0 Å². The van der Waals surface area contributed by atoms with Crippen LogP contribution in [0.1, 0.15) is 317 Å². The van der Waals surface area contributed by atoms with Gasteiger partial charge in [-0.05, 0) is 25.2 Å². The molecule has 0 radical (unpaired) electrons. The van der Waals surface area contributed by atoms with Crippen LogP contribution in [0, 0.1) is 5.92 Å². The molecule has 0 spiro atoms. The van der Waals surface area contributed by atoms with Crippen LogP contribution >= 0.6 is 0 Å². The second-order valence-electron chi connectivity index (χ2n) is 19.5. The Hall–Kier alpha value is -1.59. The predicted molar refractivity (Wildman–Crippen MR) is 266 cm³/mol. The van der Waals surface area contributed by atoms with Gasteiger partial charge in [0.25, 0.3) is 0 Å². The van der Waals surface area contributed by atoms with Gasteiger partial charge in [-0.25, -0.2) is 0 Å². The molecule has 0 heterocycles. The molecule has 0 aliphatic rings. The van der Waals surface area contributed by atoms with Crippen LogP contribution in [-0.4, -0.2) is 37.2 Å². The number of rotatable bonds is 51. The van der Waals surface area contributed by atoms with Crippen LogP contribution in [0.3, 0.4) is 0 Å². The molecule has 0 bridgehead atoms. The molecule has 0 N–H and O–H groups in total. The fraction of sp³-hybridized carbons (Fsp3) is 0.946. The van der Waals surface area contributed by atoms with E-state index < -0.39 is 6.10 Å². The summed E-state index contributed by atoms with van der Waals surface area (Å²) in [6.07, 6.45) is 53.7. The van der Waals surface area contributed by atoms with Crippen molar-refractivity contribution >= 4 is 17.9 Å². The fourth-order valence-electron chi connectivity index (χ4n) is 8.54. The highest BCUT2D eigenvalue weighted by Gasteiger charge is 2.19. The zero-order chi connectivity index (χ0) is 45.2. The van der Waals surface area contributed by atoms with Crippen LogP contribution in [-0.2, 0) is 28.6 Å². The lowest BCUT2D eigenvalue weighted by molar-refractivity contribution is -0.167. The summed E-state index contributed by atoms with van der Waals surface area (Å²) in [6, 6.07) is 0. The molecule has 6 nitrogen and oxygen atoms in total. The summed E-state index contributed by atoms with van der Waals surface area (Å²) in [6.45, 7) is 9.05. The predicted octanol–water partition coefficient (Wildman–Crippen LogP) is 18.2. The largest absolute Gasteiger partial charge is 0.462 e. The van der Waals surface area contributed by atoms with Crippen LogP contribution < -0.4 is 0 Å². The average molecular weight is 877 g/mol. The first kappa shape index (κ1) is 60.4. The van der Waals surface area contributed by atoms with Crippen molar-refractivity contribution in [2.45, 2.75) is 323 Å². The second kappa shape index (κ2) is 50.4. The lowest BCUT2D eigenvalue weighted by Crippen LogP contribution is -2.30. The normalized spacial score (nSPS) is 12.4. The van der Waals surface area contributed by atoms with Gasteiger partial charge >= 0.3 is 17.9 Å². The van der Waals surface area contributed by atoms with Crippen molar-refractivity contribution < 1.29 is 28.6 Å². The van der Waals surface area contributed by atoms with E-state index in [1.54, 1.807) is 0 Å².